The standard InChI is InChI=1S/C20H17ClF3N3O3S/c21-17-8-6-13(11-16(17)20(22,23)24)7-9-19(28)26-14-3-1-4-15(12-14)31(29,30)27-18-5-2-10-25-18/h1,3-4,6-9,11-12H,2,5,10H2,(H,25,27)(H,26,28)/b9-7+. The summed E-state index contributed by atoms with van der Waals surface area (Å²) < 4.78 is 66.1. The summed E-state index contributed by atoms with van der Waals surface area (Å²) in [7, 11) is -3.85. The van der Waals surface area contributed by atoms with Gasteiger partial charge in [-0.15, -0.1) is 0 Å². The highest BCUT2D eigenvalue weighted by Gasteiger charge is 2.33. The number of amides is 1. The molecule has 1 aliphatic heterocycles. The van der Waals surface area contributed by atoms with E-state index < -0.39 is 32.7 Å². The molecule has 0 fully saturated rings. The van der Waals surface area contributed by atoms with Crippen LogP contribution in [0.15, 0.2) is 58.4 Å². The van der Waals surface area contributed by atoms with Crippen LogP contribution in [0.3, 0.4) is 0 Å². The molecule has 2 aromatic rings. The highest BCUT2D eigenvalue weighted by molar-refractivity contribution is 7.90. The molecule has 2 aromatic carbocycles. The Balaban J connectivity index is 1.71. The Morgan fingerprint density at radius 1 is 1.16 bits per heavy atom. The van der Waals surface area contributed by atoms with Crippen molar-refractivity contribution in [2.75, 3.05) is 11.9 Å². The molecule has 0 aliphatic carbocycles. The van der Waals surface area contributed by atoms with Gasteiger partial charge in [-0.3, -0.25) is 14.5 Å². The third-order valence-corrected chi connectivity index (χ3v) is 5.97. The molecule has 0 atom stereocenters. The number of amidine groups is 1. The molecule has 1 amide bonds. The summed E-state index contributed by atoms with van der Waals surface area (Å²) in [5, 5.41) is 2.04. The van der Waals surface area contributed by atoms with Gasteiger partial charge in [-0.1, -0.05) is 23.7 Å². The molecule has 1 heterocycles. The molecule has 0 unspecified atom stereocenters. The molecule has 6 nitrogen and oxygen atoms in total. The van der Waals surface area contributed by atoms with Crippen molar-refractivity contribution in [2.24, 2.45) is 4.99 Å². The van der Waals surface area contributed by atoms with Crippen molar-refractivity contribution in [3.63, 3.8) is 0 Å². The molecule has 0 radical (unpaired) electrons. The van der Waals surface area contributed by atoms with E-state index in [0.717, 1.165) is 24.6 Å². The van der Waals surface area contributed by atoms with E-state index in [1.165, 1.54) is 36.4 Å². The Hall–Kier alpha value is -2.85. The van der Waals surface area contributed by atoms with Gasteiger partial charge in [0.25, 0.3) is 10.0 Å². The summed E-state index contributed by atoms with van der Waals surface area (Å²) in [5.74, 6) is -0.259. The number of benzene rings is 2. The third kappa shape index (κ3) is 6.08. The van der Waals surface area contributed by atoms with Gasteiger partial charge in [-0.2, -0.15) is 13.2 Å². The molecule has 1 aliphatic rings. The Labute approximate surface area is 181 Å². The predicted molar refractivity (Wildman–Crippen MR) is 112 cm³/mol. The number of nitrogens with zero attached hydrogens (tertiary/aromatic N) is 1. The van der Waals surface area contributed by atoms with Gasteiger partial charge in [-0.05, 0) is 48.4 Å². The first-order valence-electron chi connectivity index (χ1n) is 9.07. The van der Waals surface area contributed by atoms with Gasteiger partial charge in [0.2, 0.25) is 5.91 Å². The molecule has 0 bridgehead atoms. The lowest BCUT2D eigenvalue weighted by Gasteiger charge is -2.10. The van der Waals surface area contributed by atoms with E-state index in [4.69, 9.17) is 11.6 Å². The van der Waals surface area contributed by atoms with Crippen LogP contribution in [0.4, 0.5) is 18.9 Å². The molecule has 11 heteroatoms. The summed E-state index contributed by atoms with van der Waals surface area (Å²) in [5.41, 5.74) is -0.670. The van der Waals surface area contributed by atoms with Crippen LogP contribution in [-0.4, -0.2) is 26.7 Å². The van der Waals surface area contributed by atoms with E-state index in [2.05, 4.69) is 15.0 Å². The lowest BCUT2D eigenvalue weighted by Crippen LogP contribution is -2.29. The van der Waals surface area contributed by atoms with Gasteiger partial charge in [0.15, 0.2) is 0 Å². The maximum Gasteiger partial charge on any atom is 0.417 e. The first kappa shape index (κ1) is 22.8. The Morgan fingerprint density at radius 3 is 2.61 bits per heavy atom. The van der Waals surface area contributed by atoms with E-state index in [0.29, 0.717) is 18.8 Å². The number of sulfonamides is 1. The number of nitrogens with one attached hydrogen (secondary N) is 2. The minimum atomic E-state index is -4.62. The number of rotatable bonds is 5. The van der Waals surface area contributed by atoms with Crippen molar-refractivity contribution in [3.05, 3.63) is 64.7 Å². The summed E-state index contributed by atoms with van der Waals surface area (Å²) in [6.45, 7) is 0.568. The summed E-state index contributed by atoms with van der Waals surface area (Å²) in [4.78, 5) is 16.2. The summed E-state index contributed by atoms with van der Waals surface area (Å²) in [6, 6.07) is 8.85. The Morgan fingerprint density at radius 2 is 1.94 bits per heavy atom. The van der Waals surface area contributed by atoms with Gasteiger partial charge in [-0.25, -0.2) is 8.42 Å². The van der Waals surface area contributed by atoms with Gasteiger partial charge in [0, 0.05) is 24.7 Å². The maximum atomic E-state index is 12.9. The fraction of sp³-hybridized carbons (Fsp3) is 0.200. The van der Waals surface area contributed by atoms with Gasteiger partial charge in [0.1, 0.15) is 5.84 Å². The minimum absolute atomic E-state index is 0.0589. The summed E-state index contributed by atoms with van der Waals surface area (Å²) >= 11 is 5.57. The number of anilines is 1. The third-order valence-electron chi connectivity index (χ3n) is 4.26. The number of carbonyl (C=O) groups excluding carboxylic acids is 1. The van der Waals surface area contributed by atoms with Crippen LogP contribution in [-0.2, 0) is 21.0 Å². The lowest BCUT2D eigenvalue weighted by atomic mass is 10.1. The zero-order valence-electron chi connectivity index (χ0n) is 15.9. The van der Waals surface area contributed by atoms with E-state index in [1.807, 2.05) is 0 Å². The second-order valence-electron chi connectivity index (χ2n) is 6.62. The van der Waals surface area contributed by atoms with Crippen molar-refractivity contribution < 1.29 is 26.4 Å². The molecule has 0 spiro atoms. The van der Waals surface area contributed by atoms with Gasteiger partial charge < -0.3 is 5.32 Å². The van der Waals surface area contributed by atoms with Crippen molar-refractivity contribution in [1.29, 1.82) is 0 Å². The second kappa shape index (κ2) is 9.11. The average Bonchev–Trinajstić information content (AvgIpc) is 3.19. The lowest BCUT2D eigenvalue weighted by molar-refractivity contribution is -0.137. The quantitative estimate of drug-likeness (QED) is 0.630. The molecular formula is C20H17ClF3N3O3S. The number of halogens is 4. The number of carbonyl (C=O) groups is 1. The molecule has 2 N–H and O–H groups in total. The number of aliphatic imine (C=N–C) groups is 1. The summed E-state index contributed by atoms with van der Waals surface area (Å²) in [6.07, 6.45) is -1.07. The van der Waals surface area contributed by atoms with Crippen LogP contribution < -0.4 is 10.0 Å². The zero-order valence-corrected chi connectivity index (χ0v) is 17.5. The SMILES string of the molecule is O=C(/C=C/c1ccc(Cl)c(C(F)(F)F)c1)Nc1cccc(S(=O)(=O)NC2=NCCC2)c1. The van der Waals surface area contributed by atoms with Crippen LogP contribution in [0.1, 0.15) is 24.0 Å². The Kier molecular flexibility index (Phi) is 6.71. The smallest absolute Gasteiger partial charge is 0.322 e. The van der Waals surface area contributed by atoms with E-state index in [-0.39, 0.29) is 16.1 Å². The second-order valence-corrected chi connectivity index (χ2v) is 8.71. The zero-order chi connectivity index (χ0) is 22.6. The molecule has 164 valence electrons. The first-order chi connectivity index (χ1) is 14.5. The van der Waals surface area contributed by atoms with Crippen LogP contribution in [0, 0.1) is 0 Å². The van der Waals surface area contributed by atoms with Gasteiger partial charge in [0.05, 0.1) is 15.5 Å². The topological polar surface area (TPSA) is 87.6 Å². The highest BCUT2D eigenvalue weighted by Crippen LogP contribution is 2.35. The number of hydrogen-bond acceptors (Lipinski definition) is 4. The van der Waals surface area contributed by atoms with Crippen LogP contribution in [0.2, 0.25) is 5.02 Å². The first-order valence-corrected chi connectivity index (χ1v) is 10.9. The molecule has 0 saturated heterocycles. The van der Waals surface area contributed by atoms with Crippen LogP contribution in [0.25, 0.3) is 6.08 Å². The molecule has 0 aromatic heterocycles. The van der Waals surface area contributed by atoms with Gasteiger partial charge >= 0.3 is 6.18 Å². The van der Waals surface area contributed by atoms with Crippen molar-refractivity contribution in [2.45, 2.75) is 23.9 Å². The van der Waals surface area contributed by atoms with Crippen molar-refractivity contribution in [3.8, 4) is 0 Å². The molecular weight excluding hydrogens is 455 g/mol. The monoisotopic (exact) mass is 471 g/mol. The van der Waals surface area contributed by atoms with Crippen LogP contribution >= 0.6 is 11.6 Å². The predicted octanol–water partition coefficient (Wildman–Crippen LogP) is 4.48. The average molecular weight is 472 g/mol. The van der Waals surface area contributed by atoms with E-state index >= 15 is 0 Å². The normalized spacial score (nSPS) is 14.5. The molecule has 3 rings (SSSR count). The fourth-order valence-corrected chi connectivity index (χ4v) is 4.16. The van der Waals surface area contributed by atoms with E-state index in [1.54, 1.807) is 0 Å². The minimum Gasteiger partial charge on any atom is -0.322 e. The number of alkyl halides is 3. The maximum absolute atomic E-state index is 12.9. The Bertz CT molecular complexity index is 1160. The largest absolute Gasteiger partial charge is 0.417 e. The number of hydrogen-bond donors (Lipinski definition) is 2. The fourth-order valence-electron chi connectivity index (χ4n) is 2.80. The highest BCUT2D eigenvalue weighted by atomic mass is 35.5. The van der Waals surface area contributed by atoms with E-state index in [9.17, 15) is 26.4 Å². The molecule has 0 saturated carbocycles. The molecule has 31 heavy (non-hydrogen) atoms. The van der Waals surface area contributed by atoms with Crippen molar-refractivity contribution in [1.82, 2.24) is 4.72 Å². The van der Waals surface area contributed by atoms with Crippen molar-refractivity contribution >= 4 is 45.1 Å². The van der Waals surface area contributed by atoms with Crippen LogP contribution in [0.5, 0.6) is 0 Å².